The highest BCUT2D eigenvalue weighted by molar-refractivity contribution is 7.12. The summed E-state index contributed by atoms with van der Waals surface area (Å²) in [4.78, 5) is 28.8. The molecule has 5 nitrogen and oxygen atoms in total. The van der Waals surface area contributed by atoms with Crippen LogP contribution in [0.3, 0.4) is 0 Å². The minimum absolute atomic E-state index is 0.00641. The molecule has 0 bridgehead atoms. The Hall–Kier alpha value is -1.40. The minimum Gasteiger partial charge on any atom is -0.338 e. The molecule has 1 aromatic rings. The van der Waals surface area contributed by atoms with Crippen molar-refractivity contribution in [2.24, 2.45) is 11.7 Å². The maximum absolute atomic E-state index is 12.2. The van der Waals surface area contributed by atoms with E-state index < -0.39 is 6.04 Å². The van der Waals surface area contributed by atoms with Crippen molar-refractivity contribution in [1.29, 1.82) is 0 Å². The summed E-state index contributed by atoms with van der Waals surface area (Å²) in [6.45, 7) is 6.42. The molecule has 0 saturated carbocycles. The molecule has 0 aliphatic carbocycles. The lowest BCUT2D eigenvalue weighted by Gasteiger charge is -2.36. The predicted molar refractivity (Wildman–Crippen MR) is 84.2 cm³/mol. The maximum atomic E-state index is 12.2. The number of amides is 2. The number of piperazine rings is 1. The van der Waals surface area contributed by atoms with E-state index >= 15 is 0 Å². The monoisotopic (exact) mass is 309 g/mol. The molecule has 1 saturated heterocycles. The van der Waals surface area contributed by atoms with Crippen LogP contribution in [0, 0.1) is 5.92 Å². The molecule has 0 aromatic carbocycles. The van der Waals surface area contributed by atoms with Gasteiger partial charge < -0.3 is 15.5 Å². The van der Waals surface area contributed by atoms with Gasteiger partial charge in [-0.3, -0.25) is 9.59 Å². The highest BCUT2D eigenvalue weighted by Gasteiger charge is 2.28. The van der Waals surface area contributed by atoms with Crippen molar-refractivity contribution in [3.8, 4) is 0 Å². The Balaban J connectivity index is 1.85. The molecule has 0 radical (unpaired) electrons. The maximum Gasteiger partial charge on any atom is 0.264 e. The standard InChI is InChI=1S/C15H23N3O2S/c1-11(2)10-12(16)14(19)17-5-7-18(8-6-17)15(20)13-4-3-9-21-13/h3-4,9,11-12H,5-8,10,16H2,1-2H3/t12-/m0/s1. The smallest absolute Gasteiger partial charge is 0.264 e. The van der Waals surface area contributed by atoms with Gasteiger partial charge in [-0.15, -0.1) is 11.3 Å². The zero-order valence-corrected chi connectivity index (χ0v) is 13.4. The highest BCUT2D eigenvalue weighted by Crippen LogP contribution is 2.14. The van der Waals surface area contributed by atoms with Crippen LogP contribution in [-0.4, -0.2) is 53.8 Å². The normalized spacial score (nSPS) is 17.1. The Kier molecular flexibility index (Phi) is 5.36. The Morgan fingerprint density at radius 3 is 2.38 bits per heavy atom. The van der Waals surface area contributed by atoms with Gasteiger partial charge in [-0.25, -0.2) is 0 Å². The quantitative estimate of drug-likeness (QED) is 0.914. The van der Waals surface area contributed by atoms with Gasteiger partial charge in [0.2, 0.25) is 5.91 Å². The average Bonchev–Trinajstić information content (AvgIpc) is 2.99. The summed E-state index contributed by atoms with van der Waals surface area (Å²) >= 11 is 1.45. The molecule has 0 spiro atoms. The van der Waals surface area contributed by atoms with Crippen LogP contribution < -0.4 is 5.73 Å². The van der Waals surface area contributed by atoms with Crippen molar-refractivity contribution in [1.82, 2.24) is 9.80 Å². The van der Waals surface area contributed by atoms with Gasteiger partial charge in [0.25, 0.3) is 5.91 Å². The van der Waals surface area contributed by atoms with Gasteiger partial charge in [-0.05, 0) is 23.8 Å². The predicted octanol–water partition coefficient (Wildman–Crippen LogP) is 1.41. The number of nitrogens with two attached hydrogens (primary N) is 1. The Bertz CT molecular complexity index is 479. The number of hydrogen-bond donors (Lipinski definition) is 1. The van der Waals surface area contributed by atoms with Gasteiger partial charge in [-0.2, -0.15) is 0 Å². The molecule has 2 amide bonds. The first-order valence-corrected chi connectivity index (χ1v) is 8.24. The SMILES string of the molecule is CC(C)C[C@H](N)C(=O)N1CCN(C(=O)c2cccs2)CC1. The molecule has 2 heterocycles. The van der Waals surface area contributed by atoms with Crippen molar-refractivity contribution >= 4 is 23.2 Å². The van der Waals surface area contributed by atoms with Crippen LogP contribution in [0.4, 0.5) is 0 Å². The summed E-state index contributed by atoms with van der Waals surface area (Å²) in [5.41, 5.74) is 5.95. The van der Waals surface area contributed by atoms with E-state index in [4.69, 9.17) is 5.73 Å². The van der Waals surface area contributed by atoms with Gasteiger partial charge in [-0.1, -0.05) is 19.9 Å². The van der Waals surface area contributed by atoms with Crippen LogP contribution in [0.25, 0.3) is 0 Å². The van der Waals surface area contributed by atoms with E-state index in [9.17, 15) is 9.59 Å². The van der Waals surface area contributed by atoms with E-state index in [2.05, 4.69) is 13.8 Å². The molecule has 1 aliphatic rings. The lowest BCUT2D eigenvalue weighted by atomic mass is 10.0. The van der Waals surface area contributed by atoms with Crippen LogP contribution in [0.2, 0.25) is 0 Å². The molecule has 2 N–H and O–H groups in total. The average molecular weight is 309 g/mol. The second kappa shape index (κ2) is 7.04. The van der Waals surface area contributed by atoms with Crippen LogP contribution >= 0.6 is 11.3 Å². The molecule has 1 aliphatic heterocycles. The fourth-order valence-electron chi connectivity index (χ4n) is 2.53. The summed E-state index contributed by atoms with van der Waals surface area (Å²) < 4.78 is 0. The van der Waals surface area contributed by atoms with Crippen molar-refractivity contribution in [3.63, 3.8) is 0 Å². The molecule has 1 atom stereocenters. The van der Waals surface area contributed by atoms with Crippen LogP contribution in [-0.2, 0) is 4.79 Å². The molecule has 21 heavy (non-hydrogen) atoms. The lowest BCUT2D eigenvalue weighted by Crippen LogP contribution is -2.54. The fraction of sp³-hybridized carbons (Fsp3) is 0.600. The summed E-state index contributed by atoms with van der Waals surface area (Å²) in [7, 11) is 0. The fourth-order valence-corrected chi connectivity index (χ4v) is 3.22. The highest BCUT2D eigenvalue weighted by atomic mass is 32.1. The summed E-state index contributed by atoms with van der Waals surface area (Å²) in [6, 6.07) is 3.29. The molecule has 0 unspecified atom stereocenters. The number of carbonyl (C=O) groups excluding carboxylic acids is 2. The van der Waals surface area contributed by atoms with Crippen LogP contribution in [0.1, 0.15) is 29.9 Å². The zero-order valence-electron chi connectivity index (χ0n) is 12.6. The Labute approximate surface area is 129 Å². The Morgan fingerprint density at radius 1 is 1.24 bits per heavy atom. The van der Waals surface area contributed by atoms with E-state index in [1.54, 1.807) is 4.90 Å². The molecular formula is C15H23N3O2S. The molecule has 1 fully saturated rings. The van der Waals surface area contributed by atoms with Gasteiger partial charge in [0.1, 0.15) is 0 Å². The number of nitrogens with zero attached hydrogens (tertiary/aromatic N) is 2. The van der Waals surface area contributed by atoms with E-state index in [1.165, 1.54) is 11.3 Å². The van der Waals surface area contributed by atoms with Gasteiger partial charge in [0, 0.05) is 26.2 Å². The van der Waals surface area contributed by atoms with Crippen molar-refractivity contribution in [3.05, 3.63) is 22.4 Å². The third-order valence-corrected chi connectivity index (χ3v) is 4.51. The zero-order chi connectivity index (χ0) is 15.4. The molecule has 6 heteroatoms. The minimum atomic E-state index is -0.426. The molecule has 1 aromatic heterocycles. The van der Waals surface area contributed by atoms with Gasteiger partial charge in [0.15, 0.2) is 0 Å². The molecule has 116 valence electrons. The van der Waals surface area contributed by atoms with E-state index in [-0.39, 0.29) is 11.8 Å². The summed E-state index contributed by atoms with van der Waals surface area (Å²) in [6.07, 6.45) is 0.702. The summed E-state index contributed by atoms with van der Waals surface area (Å²) in [5, 5.41) is 1.90. The largest absolute Gasteiger partial charge is 0.338 e. The van der Waals surface area contributed by atoms with Crippen molar-refractivity contribution < 1.29 is 9.59 Å². The van der Waals surface area contributed by atoms with E-state index in [0.717, 1.165) is 4.88 Å². The number of thiophene rings is 1. The number of rotatable bonds is 4. The number of hydrogen-bond acceptors (Lipinski definition) is 4. The van der Waals surface area contributed by atoms with Crippen LogP contribution in [0.5, 0.6) is 0 Å². The number of carbonyl (C=O) groups is 2. The summed E-state index contributed by atoms with van der Waals surface area (Å²) in [5.74, 6) is 0.473. The topological polar surface area (TPSA) is 66.6 Å². The van der Waals surface area contributed by atoms with E-state index in [0.29, 0.717) is 38.5 Å². The van der Waals surface area contributed by atoms with Crippen molar-refractivity contribution in [2.45, 2.75) is 26.3 Å². The second-order valence-corrected chi connectivity index (χ2v) is 6.78. The first kappa shape index (κ1) is 16.0. The van der Waals surface area contributed by atoms with Crippen molar-refractivity contribution in [2.75, 3.05) is 26.2 Å². The first-order valence-electron chi connectivity index (χ1n) is 7.36. The van der Waals surface area contributed by atoms with Crippen LogP contribution in [0.15, 0.2) is 17.5 Å². The third kappa shape index (κ3) is 4.04. The Morgan fingerprint density at radius 2 is 1.86 bits per heavy atom. The van der Waals surface area contributed by atoms with Gasteiger partial charge in [0.05, 0.1) is 10.9 Å². The second-order valence-electron chi connectivity index (χ2n) is 5.83. The van der Waals surface area contributed by atoms with E-state index in [1.807, 2.05) is 22.4 Å². The van der Waals surface area contributed by atoms with Gasteiger partial charge >= 0.3 is 0 Å². The molecular weight excluding hydrogens is 286 g/mol. The third-order valence-electron chi connectivity index (χ3n) is 3.65. The lowest BCUT2D eigenvalue weighted by molar-refractivity contribution is -0.134. The first-order chi connectivity index (χ1) is 9.99. The molecule has 2 rings (SSSR count).